The van der Waals surface area contributed by atoms with Crippen LogP contribution in [0.1, 0.15) is 5.56 Å². The Morgan fingerprint density at radius 2 is 2.13 bits per heavy atom. The standard InChI is InChI=1S/C10H9FNO2S/c1-15(13,14)6-7-5-12-10-3-2-8(11)4-9(7)10/h2-5,12H,1,6H2. The first-order valence-electron chi connectivity index (χ1n) is 4.27. The third kappa shape index (κ3) is 2.18. The van der Waals surface area contributed by atoms with Crippen LogP contribution in [0.25, 0.3) is 10.9 Å². The monoisotopic (exact) mass is 226 g/mol. The lowest BCUT2D eigenvalue weighted by molar-refractivity contribution is 0.603. The molecule has 0 saturated carbocycles. The van der Waals surface area contributed by atoms with Gasteiger partial charge in [0.2, 0.25) is 0 Å². The first-order valence-corrected chi connectivity index (χ1v) is 6.09. The van der Waals surface area contributed by atoms with Gasteiger partial charge in [-0.1, -0.05) is 0 Å². The summed E-state index contributed by atoms with van der Waals surface area (Å²) in [6.07, 6.45) is 4.60. The molecule has 0 spiro atoms. The van der Waals surface area contributed by atoms with Crippen LogP contribution >= 0.6 is 0 Å². The van der Waals surface area contributed by atoms with Crippen molar-refractivity contribution in [2.75, 3.05) is 0 Å². The maximum absolute atomic E-state index is 12.9. The van der Waals surface area contributed by atoms with E-state index < -0.39 is 9.84 Å². The van der Waals surface area contributed by atoms with E-state index in [1.54, 1.807) is 12.3 Å². The third-order valence-electron chi connectivity index (χ3n) is 2.10. The number of rotatable bonds is 2. The molecule has 5 heteroatoms. The van der Waals surface area contributed by atoms with Crippen LogP contribution < -0.4 is 0 Å². The van der Waals surface area contributed by atoms with E-state index >= 15 is 0 Å². The average molecular weight is 226 g/mol. The molecule has 0 unspecified atom stereocenters. The minimum atomic E-state index is -3.34. The second kappa shape index (κ2) is 3.34. The average Bonchev–Trinajstić information content (AvgIpc) is 2.46. The zero-order chi connectivity index (χ0) is 11.1. The van der Waals surface area contributed by atoms with Crippen LogP contribution in [0, 0.1) is 12.1 Å². The van der Waals surface area contributed by atoms with E-state index in [0.717, 1.165) is 5.52 Å². The van der Waals surface area contributed by atoms with Crippen LogP contribution in [0.15, 0.2) is 24.4 Å². The largest absolute Gasteiger partial charge is 0.361 e. The van der Waals surface area contributed by atoms with Crippen molar-refractivity contribution in [3.63, 3.8) is 0 Å². The fourth-order valence-corrected chi connectivity index (χ4v) is 2.22. The van der Waals surface area contributed by atoms with Gasteiger partial charge in [-0.25, -0.2) is 12.8 Å². The van der Waals surface area contributed by atoms with Crippen LogP contribution in [-0.4, -0.2) is 13.4 Å². The predicted octanol–water partition coefficient (Wildman–Crippen LogP) is 2.01. The zero-order valence-electron chi connectivity index (χ0n) is 7.83. The van der Waals surface area contributed by atoms with Crippen LogP contribution in [0.3, 0.4) is 0 Å². The highest BCUT2D eigenvalue weighted by Crippen LogP contribution is 2.21. The summed E-state index contributed by atoms with van der Waals surface area (Å²) in [5.41, 5.74) is 1.26. The normalized spacial score (nSPS) is 12.1. The van der Waals surface area contributed by atoms with Gasteiger partial charge in [0.15, 0.2) is 9.84 Å². The first-order chi connectivity index (χ1) is 6.96. The van der Waals surface area contributed by atoms with Gasteiger partial charge in [0.25, 0.3) is 0 Å². The molecule has 0 aliphatic heterocycles. The molecule has 0 saturated heterocycles. The molecule has 3 nitrogen and oxygen atoms in total. The molecule has 2 rings (SSSR count). The Labute approximate surface area is 86.8 Å². The number of H-pyrrole nitrogens is 1. The van der Waals surface area contributed by atoms with Crippen molar-refractivity contribution in [2.24, 2.45) is 0 Å². The van der Waals surface area contributed by atoms with Crippen molar-refractivity contribution in [3.05, 3.63) is 42.0 Å². The van der Waals surface area contributed by atoms with E-state index in [4.69, 9.17) is 0 Å². The Morgan fingerprint density at radius 1 is 1.40 bits per heavy atom. The first kappa shape index (κ1) is 10.2. The molecule has 1 aromatic carbocycles. The van der Waals surface area contributed by atoms with Crippen molar-refractivity contribution < 1.29 is 12.8 Å². The molecular weight excluding hydrogens is 217 g/mol. The number of benzene rings is 1. The smallest absolute Gasteiger partial charge is 0.155 e. The van der Waals surface area contributed by atoms with Crippen molar-refractivity contribution >= 4 is 20.7 Å². The number of hydrogen-bond acceptors (Lipinski definition) is 2. The summed E-state index contributed by atoms with van der Waals surface area (Å²) in [6.45, 7) is 0. The summed E-state index contributed by atoms with van der Waals surface area (Å²) in [7, 11) is -3.34. The van der Waals surface area contributed by atoms with E-state index in [9.17, 15) is 12.8 Å². The molecule has 0 aliphatic rings. The van der Waals surface area contributed by atoms with Gasteiger partial charge in [0.05, 0.1) is 12.0 Å². The molecule has 0 fully saturated rings. The van der Waals surface area contributed by atoms with Gasteiger partial charge in [-0.15, -0.1) is 0 Å². The number of aromatic nitrogens is 1. The molecule has 0 atom stereocenters. The van der Waals surface area contributed by atoms with Gasteiger partial charge in [-0.3, -0.25) is 0 Å². The number of hydrogen-bond donors (Lipinski definition) is 1. The van der Waals surface area contributed by atoms with Crippen molar-refractivity contribution in [1.29, 1.82) is 0 Å². The molecular formula is C10H9FNO2S. The topological polar surface area (TPSA) is 49.9 Å². The number of fused-ring (bicyclic) bond motifs is 1. The lowest BCUT2D eigenvalue weighted by Crippen LogP contribution is -1.97. The van der Waals surface area contributed by atoms with E-state index in [2.05, 4.69) is 11.2 Å². The summed E-state index contributed by atoms with van der Waals surface area (Å²) in [6, 6.07) is 4.21. The molecule has 79 valence electrons. The zero-order valence-corrected chi connectivity index (χ0v) is 8.64. The van der Waals surface area contributed by atoms with Crippen molar-refractivity contribution in [2.45, 2.75) is 5.75 Å². The molecule has 0 amide bonds. The second-order valence-electron chi connectivity index (χ2n) is 3.39. The highest BCUT2D eigenvalue weighted by atomic mass is 32.2. The molecule has 15 heavy (non-hydrogen) atoms. The molecule has 0 bridgehead atoms. The summed E-state index contributed by atoms with van der Waals surface area (Å²) >= 11 is 0. The summed E-state index contributed by atoms with van der Waals surface area (Å²) in [5, 5.41) is 0.585. The predicted molar refractivity (Wildman–Crippen MR) is 56.2 cm³/mol. The number of nitrogens with one attached hydrogen (secondary N) is 1. The van der Waals surface area contributed by atoms with E-state index in [1.165, 1.54) is 12.1 Å². The van der Waals surface area contributed by atoms with Crippen molar-refractivity contribution in [1.82, 2.24) is 4.98 Å². The fraction of sp³-hybridized carbons (Fsp3) is 0.100. The van der Waals surface area contributed by atoms with Crippen molar-refractivity contribution in [3.8, 4) is 0 Å². The van der Waals surface area contributed by atoms with Gasteiger partial charge in [-0.2, -0.15) is 0 Å². The Bertz CT molecular complexity index is 601. The van der Waals surface area contributed by atoms with E-state index in [1.807, 2.05) is 0 Å². The number of aromatic amines is 1. The van der Waals surface area contributed by atoms with Gasteiger partial charge in [-0.05, 0) is 23.8 Å². The molecule has 2 aromatic rings. The summed E-state index contributed by atoms with van der Waals surface area (Å²) < 4.78 is 35.0. The van der Waals surface area contributed by atoms with Gasteiger partial charge in [0, 0.05) is 17.1 Å². The molecule has 0 aliphatic carbocycles. The van der Waals surface area contributed by atoms with E-state index in [-0.39, 0.29) is 11.6 Å². The third-order valence-corrected chi connectivity index (χ3v) is 2.86. The minimum Gasteiger partial charge on any atom is -0.361 e. The minimum absolute atomic E-state index is 0.184. The number of sulfone groups is 1. The Hall–Kier alpha value is -1.36. The fourth-order valence-electron chi connectivity index (χ4n) is 1.51. The van der Waals surface area contributed by atoms with Gasteiger partial charge >= 0.3 is 0 Å². The lowest BCUT2D eigenvalue weighted by atomic mass is 10.2. The van der Waals surface area contributed by atoms with Crippen LogP contribution in [0.2, 0.25) is 0 Å². The quantitative estimate of drug-likeness (QED) is 0.851. The lowest BCUT2D eigenvalue weighted by Gasteiger charge is -1.96. The highest BCUT2D eigenvalue weighted by Gasteiger charge is 2.10. The van der Waals surface area contributed by atoms with Crippen LogP contribution in [0.5, 0.6) is 0 Å². The second-order valence-corrected chi connectivity index (χ2v) is 5.17. The number of halogens is 1. The van der Waals surface area contributed by atoms with Gasteiger partial charge < -0.3 is 4.98 Å². The summed E-state index contributed by atoms with van der Waals surface area (Å²) in [4.78, 5) is 2.88. The molecule has 1 heterocycles. The summed E-state index contributed by atoms with van der Waals surface area (Å²) in [5.74, 6) is -0.569. The Kier molecular flexibility index (Phi) is 2.26. The van der Waals surface area contributed by atoms with Crippen LogP contribution in [0.4, 0.5) is 4.39 Å². The Balaban J connectivity index is 2.57. The van der Waals surface area contributed by atoms with Crippen LogP contribution in [-0.2, 0) is 15.6 Å². The molecule has 1 N–H and O–H groups in total. The van der Waals surface area contributed by atoms with Gasteiger partial charge in [0.1, 0.15) is 5.82 Å². The maximum Gasteiger partial charge on any atom is 0.155 e. The molecule has 1 radical (unpaired) electrons. The Morgan fingerprint density at radius 3 is 2.80 bits per heavy atom. The maximum atomic E-state index is 12.9. The molecule has 1 aromatic heterocycles. The highest BCUT2D eigenvalue weighted by molar-refractivity contribution is 7.91. The SMILES string of the molecule is [CH2]S(=O)(=O)Cc1c[nH]c2ccc(F)cc12. The van der Waals surface area contributed by atoms with E-state index in [0.29, 0.717) is 10.9 Å².